The number of hydrogen-bond donors (Lipinski definition) is 4. The molecule has 0 radical (unpaired) electrons. The summed E-state index contributed by atoms with van der Waals surface area (Å²) in [7, 11) is -4.70. The summed E-state index contributed by atoms with van der Waals surface area (Å²) in [6, 6.07) is 6.91. The van der Waals surface area contributed by atoms with Crippen LogP contribution in [0.4, 0.5) is 0 Å². The van der Waals surface area contributed by atoms with Crippen molar-refractivity contribution in [3.63, 3.8) is 0 Å². The minimum atomic E-state index is -5.44. The predicted octanol–water partition coefficient (Wildman–Crippen LogP) is 0.460. The largest absolute Gasteiger partial charge is 0.481 e. The first kappa shape index (κ1) is 16.3. The van der Waals surface area contributed by atoms with E-state index in [9.17, 15) is 29.0 Å². The van der Waals surface area contributed by atoms with Crippen LogP contribution in [0.5, 0.6) is 0 Å². The molecule has 1 aromatic carbocycles. The number of carboxylic acid groups (broad SMARTS) is 2. The van der Waals surface area contributed by atoms with Crippen LogP contribution in [0.15, 0.2) is 30.3 Å². The lowest BCUT2D eigenvalue weighted by molar-refractivity contribution is -0.164. The van der Waals surface area contributed by atoms with Crippen LogP contribution in [-0.2, 0) is 18.9 Å². The van der Waals surface area contributed by atoms with Crippen LogP contribution in [0.25, 0.3) is 0 Å². The second-order valence-corrected chi connectivity index (χ2v) is 5.68. The Morgan fingerprint density at radius 1 is 1.20 bits per heavy atom. The summed E-state index contributed by atoms with van der Waals surface area (Å²) in [5.41, 5.74) is -0.0902. The number of hydrogen-bond acceptors (Lipinski definition) is 4. The van der Waals surface area contributed by atoms with E-state index >= 15 is 0 Å². The molecule has 0 aliphatic rings. The molecule has 9 heteroatoms. The molecule has 0 amide bonds. The molecule has 0 aliphatic carbocycles. The fraction of sp³-hybridized carbons (Fsp3) is 0.273. The first-order valence-corrected chi connectivity index (χ1v) is 6.91. The lowest BCUT2D eigenvalue weighted by Crippen LogP contribution is -2.49. The first-order chi connectivity index (χ1) is 9.18. The van der Waals surface area contributed by atoms with Gasteiger partial charge >= 0.3 is 19.5 Å². The topological polar surface area (TPSA) is 141 Å². The fourth-order valence-corrected chi connectivity index (χ4v) is 3.00. The van der Waals surface area contributed by atoms with Crippen molar-refractivity contribution < 1.29 is 38.9 Å². The average molecular weight is 304 g/mol. The maximum Gasteiger partial charge on any atom is 0.370 e. The number of benzene rings is 1. The third-order valence-electron chi connectivity index (χ3n) is 2.82. The maximum atomic E-state index is 11.6. The molecule has 1 aromatic rings. The van der Waals surface area contributed by atoms with E-state index in [1.54, 1.807) is 6.07 Å². The lowest BCUT2D eigenvalue weighted by Gasteiger charge is -2.33. The maximum absolute atomic E-state index is 11.6. The highest BCUT2D eigenvalue weighted by Crippen LogP contribution is 2.58. The number of ether oxygens (including phenoxy) is 1. The Hall–Kier alpha value is -1.73. The van der Waals surface area contributed by atoms with Gasteiger partial charge in [-0.1, -0.05) is 30.3 Å². The van der Waals surface area contributed by atoms with Gasteiger partial charge in [0.15, 0.2) is 0 Å². The Bertz CT molecular complexity index is 551. The molecule has 0 fully saturated rings. The van der Waals surface area contributed by atoms with Gasteiger partial charge in [-0.2, -0.15) is 0 Å². The van der Waals surface area contributed by atoms with Gasteiger partial charge in [0.05, 0.1) is 0 Å². The number of carbonyl (C=O) groups is 2. The summed E-state index contributed by atoms with van der Waals surface area (Å²) < 4.78 is 16.1. The monoisotopic (exact) mass is 304 g/mol. The molecule has 1 rings (SSSR count). The Morgan fingerprint density at radius 3 is 2.00 bits per heavy atom. The van der Waals surface area contributed by atoms with Crippen molar-refractivity contribution in [3.8, 4) is 0 Å². The number of aliphatic carboxylic acids is 2. The molecule has 0 saturated carbocycles. The molecule has 0 heterocycles. The molecule has 0 saturated heterocycles. The van der Waals surface area contributed by atoms with E-state index in [1.807, 2.05) is 0 Å². The van der Waals surface area contributed by atoms with E-state index in [0.29, 0.717) is 0 Å². The standard InChI is InChI=1S/C11H13O8P/c1-19-11(10(14)15,20(16,17)18)8(9(12)13)7-5-3-2-4-6-7/h2-6,8H,1H3,(H,12,13)(H,14,15)(H2,16,17,18). The number of rotatable bonds is 6. The van der Waals surface area contributed by atoms with Crippen LogP contribution in [0.3, 0.4) is 0 Å². The van der Waals surface area contributed by atoms with E-state index in [-0.39, 0.29) is 5.56 Å². The van der Waals surface area contributed by atoms with Crippen molar-refractivity contribution in [2.45, 2.75) is 11.3 Å². The summed E-state index contributed by atoms with van der Waals surface area (Å²) in [5, 5.41) is 15.2. The van der Waals surface area contributed by atoms with Gasteiger partial charge in [0.1, 0.15) is 5.92 Å². The molecule has 8 nitrogen and oxygen atoms in total. The van der Waals surface area contributed by atoms with Crippen molar-refractivity contribution in [3.05, 3.63) is 35.9 Å². The Kier molecular flexibility index (Phi) is 4.67. The normalized spacial score (nSPS) is 16.1. The molecule has 4 N–H and O–H groups in total. The van der Waals surface area contributed by atoms with Gasteiger partial charge in [-0.25, -0.2) is 4.79 Å². The lowest BCUT2D eigenvalue weighted by atomic mass is 9.92. The number of carboxylic acids is 2. The van der Waals surface area contributed by atoms with Crippen LogP contribution in [0.1, 0.15) is 11.5 Å². The summed E-state index contributed by atoms with van der Waals surface area (Å²) in [6.45, 7) is 0. The zero-order chi connectivity index (χ0) is 15.6. The highest BCUT2D eigenvalue weighted by Gasteiger charge is 2.63. The zero-order valence-corrected chi connectivity index (χ0v) is 11.2. The molecule has 2 unspecified atom stereocenters. The van der Waals surface area contributed by atoms with Crippen LogP contribution in [0.2, 0.25) is 0 Å². The van der Waals surface area contributed by atoms with Crippen molar-refractivity contribution in [1.29, 1.82) is 0 Å². The third kappa shape index (κ3) is 2.59. The number of methoxy groups -OCH3 is 1. The molecule has 110 valence electrons. The van der Waals surface area contributed by atoms with Gasteiger partial charge in [-0.3, -0.25) is 9.36 Å². The van der Waals surface area contributed by atoms with Gasteiger partial charge in [0, 0.05) is 7.11 Å². The Balaban J connectivity index is 3.62. The van der Waals surface area contributed by atoms with Gasteiger partial charge in [0.25, 0.3) is 5.34 Å². The summed E-state index contributed by atoms with van der Waals surface area (Å²) in [4.78, 5) is 41.3. The van der Waals surface area contributed by atoms with Gasteiger partial charge < -0.3 is 24.7 Å². The highest BCUT2D eigenvalue weighted by atomic mass is 31.2. The van der Waals surface area contributed by atoms with E-state index in [0.717, 1.165) is 7.11 Å². The fourth-order valence-electron chi connectivity index (χ4n) is 1.92. The zero-order valence-electron chi connectivity index (χ0n) is 10.3. The Labute approximate surface area is 113 Å². The molecule has 0 aliphatic heterocycles. The Morgan fingerprint density at radius 2 is 1.70 bits per heavy atom. The van der Waals surface area contributed by atoms with Crippen LogP contribution in [-0.4, -0.2) is 44.4 Å². The quantitative estimate of drug-likeness (QED) is 0.555. The SMILES string of the molecule is COC(C(=O)O)(C(C(=O)O)c1ccccc1)P(=O)(O)O. The average Bonchev–Trinajstić information content (AvgIpc) is 2.34. The molecule has 2 atom stereocenters. The molecule has 0 spiro atoms. The molecule has 20 heavy (non-hydrogen) atoms. The first-order valence-electron chi connectivity index (χ1n) is 5.30. The van der Waals surface area contributed by atoms with Crippen molar-refractivity contribution in [2.75, 3.05) is 7.11 Å². The van der Waals surface area contributed by atoms with Gasteiger partial charge in [0.2, 0.25) is 0 Å². The van der Waals surface area contributed by atoms with E-state index in [2.05, 4.69) is 4.74 Å². The third-order valence-corrected chi connectivity index (χ3v) is 4.32. The van der Waals surface area contributed by atoms with Gasteiger partial charge in [-0.05, 0) is 5.56 Å². The van der Waals surface area contributed by atoms with Crippen LogP contribution >= 0.6 is 7.60 Å². The second-order valence-electron chi connectivity index (χ2n) is 3.93. The van der Waals surface area contributed by atoms with E-state index in [4.69, 9.17) is 5.11 Å². The van der Waals surface area contributed by atoms with E-state index in [1.165, 1.54) is 24.3 Å². The predicted molar refractivity (Wildman–Crippen MR) is 66.2 cm³/mol. The van der Waals surface area contributed by atoms with Crippen molar-refractivity contribution >= 4 is 19.5 Å². The summed E-state index contributed by atoms with van der Waals surface area (Å²) in [6.07, 6.45) is 0. The smallest absolute Gasteiger partial charge is 0.370 e. The summed E-state index contributed by atoms with van der Waals surface area (Å²) in [5.74, 6) is -5.83. The van der Waals surface area contributed by atoms with Crippen LogP contribution < -0.4 is 0 Å². The molecule has 0 aromatic heterocycles. The molecular formula is C11H13O8P. The van der Waals surface area contributed by atoms with Crippen LogP contribution in [0, 0.1) is 0 Å². The second kappa shape index (κ2) is 5.72. The minimum absolute atomic E-state index is 0.0902. The van der Waals surface area contributed by atoms with Crippen molar-refractivity contribution in [2.24, 2.45) is 0 Å². The molecular weight excluding hydrogens is 291 g/mol. The minimum Gasteiger partial charge on any atom is -0.481 e. The van der Waals surface area contributed by atoms with Crippen molar-refractivity contribution in [1.82, 2.24) is 0 Å². The van der Waals surface area contributed by atoms with Gasteiger partial charge in [-0.15, -0.1) is 0 Å². The molecule has 0 bridgehead atoms. The van der Waals surface area contributed by atoms with E-state index < -0.39 is 30.8 Å². The highest BCUT2D eigenvalue weighted by molar-refractivity contribution is 7.54. The summed E-state index contributed by atoms with van der Waals surface area (Å²) >= 11 is 0.